The highest BCUT2D eigenvalue weighted by molar-refractivity contribution is 4.92. The normalized spacial score (nSPS) is 43.2. The minimum Gasteiger partial charge on any atom is -0.373 e. The summed E-state index contributed by atoms with van der Waals surface area (Å²) in [6.07, 6.45) is -0.852. The predicted octanol–water partition coefficient (Wildman–Crippen LogP) is -0.00300. The van der Waals surface area contributed by atoms with E-state index < -0.39 is 11.2 Å². The maximum Gasteiger partial charge on any atom is 0.294 e. The molecule has 0 bridgehead atoms. The van der Waals surface area contributed by atoms with Gasteiger partial charge in [0.2, 0.25) is 0 Å². The SMILES string of the molecule is CC1COC2C(O[N+](=O)[O-])COC12. The second kappa shape index (κ2) is 3.12. The lowest BCUT2D eigenvalue weighted by molar-refractivity contribution is -0.769. The van der Waals surface area contributed by atoms with Crippen LogP contribution in [0.3, 0.4) is 0 Å². The number of ether oxygens (including phenoxy) is 2. The summed E-state index contributed by atoms with van der Waals surface area (Å²) in [5.74, 6) is 0.297. The van der Waals surface area contributed by atoms with Gasteiger partial charge in [0.15, 0.2) is 6.10 Å². The van der Waals surface area contributed by atoms with E-state index in [1.165, 1.54) is 0 Å². The second-order valence-corrected chi connectivity index (χ2v) is 3.44. The fourth-order valence-electron chi connectivity index (χ4n) is 1.86. The minimum absolute atomic E-state index is 0.0371. The standard InChI is InChI=1S/C7H11NO5/c1-4-2-11-7-5(13-8(9)10)3-12-6(4)7/h4-7H,2-3H2,1H3. The molecule has 2 saturated heterocycles. The number of hydrogen-bond donors (Lipinski definition) is 0. The quantitative estimate of drug-likeness (QED) is 0.451. The lowest BCUT2D eigenvalue weighted by Crippen LogP contribution is -2.32. The Kier molecular flexibility index (Phi) is 2.09. The molecule has 0 spiro atoms. The highest BCUT2D eigenvalue weighted by atomic mass is 17.0. The zero-order valence-electron chi connectivity index (χ0n) is 7.21. The Morgan fingerprint density at radius 2 is 2.08 bits per heavy atom. The third-order valence-electron chi connectivity index (χ3n) is 2.48. The molecule has 6 heteroatoms. The van der Waals surface area contributed by atoms with Crippen molar-refractivity contribution in [2.24, 2.45) is 5.92 Å². The summed E-state index contributed by atoms with van der Waals surface area (Å²) < 4.78 is 10.7. The monoisotopic (exact) mass is 189 g/mol. The summed E-state index contributed by atoms with van der Waals surface area (Å²) in [5, 5.41) is 9.31. The Labute approximate surface area is 74.9 Å². The summed E-state index contributed by atoms with van der Waals surface area (Å²) in [6.45, 7) is 2.84. The van der Waals surface area contributed by atoms with Crippen LogP contribution in [-0.2, 0) is 14.3 Å². The number of hydrogen-bond acceptors (Lipinski definition) is 5. The Morgan fingerprint density at radius 3 is 2.77 bits per heavy atom. The molecule has 0 aliphatic carbocycles. The lowest BCUT2D eigenvalue weighted by atomic mass is 10.0. The lowest BCUT2D eigenvalue weighted by Gasteiger charge is -2.13. The van der Waals surface area contributed by atoms with Gasteiger partial charge in [-0.3, -0.25) is 0 Å². The average molecular weight is 189 g/mol. The molecule has 0 N–H and O–H groups in total. The van der Waals surface area contributed by atoms with Crippen molar-refractivity contribution in [1.82, 2.24) is 0 Å². The van der Waals surface area contributed by atoms with Gasteiger partial charge < -0.3 is 14.3 Å². The first-order valence-corrected chi connectivity index (χ1v) is 4.23. The molecule has 0 radical (unpaired) electrons. The fourth-order valence-corrected chi connectivity index (χ4v) is 1.86. The maximum atomic E-state index is 10.1. The Hall–Kier alpha value is -0.880. The molecular weight excluding hydrogens is 178 g/mol. The van der Waals surface area contributed by atoms with Gasteiger partial charge in [0.05, 0.1) is 19.3 Å². The summed E-state index contributed by atoms with van der Waals surface area (Å²) in [7, 11) is 0. The molecule has 0 aromatic heterocycles. The molecule has 2 aliphatic rings. The van der Waals surface area contributed by atoms with Crippen LogP contribution >= 0.6 is 0 Å². The van der Waals surface area contributed by atoms with E-state index in [0.717, 1.165) is 0 Å². The third kappa shape index (κ3) is 1.47. The summed E-state index contributed by atoms with van der Waals surface area (Å²) in [5.41, 5.74) is 0. The van der Waals surface area contributed by atoms with Crippen LogP contribution in [0.5, 0.6) is 0 Å². The van der Waals surface area contributed by atoms with Crippen molar-refractivity contribution in [3.63, 3.8) is 0 Å². The van der Waals surface area contributed by atoms with E-state index in [4.69, 9.17) is 9.47 Å². The van der Waals surface area contributed by atoms with Gasteiger partial charge in [-0.2, -0.15) is 0 Å². The molecule has 2 heterocycles. The molecule has 74 valence electrons. The molecule has 0 aromatic carbocycles. The van der Waals surface area contributed by atoms with Crippen molar-refractivity contribution in [2.45, 2.75) is 25.2 Å². The van der Waals surface area contributed by atoms with Gasteiger partial charge in [0.25, 0.3) is 5.09 Å². The number of rotatable bonds is 2. The Bertz CT molecular complexity index is 221. The first kappa shape index (κ1) is 8.71. The van der Waals surface area contributed by atoms with Crippen LogP contribution in [0.25, 0.3) is 0 Å². The molecule has 6 nitrogen and oxygen atoms in total. The second-order valence-electron chi connectivity index (χ2n) is 3.44. The number of nitrogens with zero attached hydrogens (tertiary/aromatic N) is 1. The van der Waals surface area contributed by atoms with Crippen LogP contribution in [0, 0.1) is 16.0 Å². The van der Waals surface area contributed by atoms with Gasteiger partial charge in [-0.1, -0.05) is 6.92 Å². The molecule has 0 aromatic rings. The van der Waals surface area contributed by atoms with Gasteiger partial charge in [0.1, 0.15) is 6.10 Å². The van der Waals surface area contributed by atoms with Gasteiger partial charge >= 0.3 is 0 Å². The molecule has 4 unspecified atom stereocenters. The van der Waals surface area contributed by atoms with Crippen molar-refractivity contribution in [3.8, 4) is 0 Å². The molecule has 13 heavy (non-hydrogen) atoms. The van der Waals surface area contributed by atoms with Gasteiger partial charge in [-0.15, -0.1) is 10.1 Å². The minimum atomic E-state index is -0.789. The fraction of sp³-hybridized carbons (Fsp3) is 1.00. The van der Waals surface area contributed by atoms with Crippen molar-refractivity contribution in [1.29, 1.82) is 0 Å². The average Bonchev–Trinajstić information content (AvgIpc) is 2.56. The molecular formula is C7H11NO5. The van der Waals surface area contributed by atoms with E-state index >= 15 is 0 Å². The van der Waals surface area contributed by atoms with Gasteiger partial charge in [-0.25, -0.2) is 0 Å². The predicted molar refractivity (Wildman–Crippen MR) is 40.5 cm³/mol. The van der Waals surface area contributed by atoms with Crippen LogP contribution in [-0.4, -0.2) is 36.6 Å². The zero-order valence-corrected chi connectivity index (χ0v) is 7.21. The van der Waals surface area contributed by atoms with E-state index in [-0.39, 0.29) is 18.8 Å². The Morgan fingerprint density at radius 1 is 1.38 bits per heavy atom. The Balaban J connectivity index is 1.98. The molecule has 2 fully saturated rings. The van der Waals surface area contributed by atoms with E-state index in [1.807, 2.05) is 6.92 Å². The largest absolute Gasteiger partial charge is 0.373 e. The summed E-state index contributed by atoms with van der Waals surface area (Å²) in [6, 6.07) is 0. The van der Waals surface area contributed by atoms with Crippen molar-refractivity contribution >= 4 is 0 Å². The van der Waals surface area contributed by atoms with Gasteiger partial charge in [0, 0.05) is 5.92 Å². The van der Waals surface area contributed by atoms with Crippen molar-refractivity contribution < 1.29 is 19.4 Å². The van der Waals surface area contributed by atoms with Gasteiger partial charge in [-0.05, 0) is 0 Å². The topological polar surface area (TPSA) is 70.8 Å². The first-order chi connectivity index (χ1) is 6.18. The van der Waals surface area contributed by atoms with Crippen LogP contribution in [0.15, 0.2) is 0 Å². The van der Waals surface area contributed by atoms with Crippen molar-refractivity contribution in [2.75, 3.05) is 13.2 Å². The highest BCUT2D eigenvalue weighted by Gasteiger charge is 2.47. The number of fused-ring (bicyclic) bond motifs is 1. The summed E-state index contributed by atoms with van der Waals surface area (Å²) in [4.78, 5) is 14.5. The highest BCUT2D eigenvalue weighted by Crippen LogP contribution is 2.32. The maximum absolute atomic E-state index is 10.1. The van der Waals surface area contributed by atoms with E-state index in [2.05, 4.69) is 4.84 Å². The first-order valence-electron chi connectivity index (χ1n) is 4.23. The molecule has 4 atom stereocenters. The van der Waals surface area contributed by atoms with Crippen LogP contribution in [0.1, 0.15) is 6.92 Å². The molecule has 2 aliphatic heterocycles. The van der Waals surface area contributed by atoms with E-state index in [0.29, 0.717) is 12.5 Å². The molecule has 0 saturated carbocycles. The van der Waals surface area contributed by atoms with E-state index in [1.54, 1.807) is 0 Å². The van der Waals surface area contributed by atoms with E-state index in [9.17, 15) is 10.1 Å². The molecule has 0 amide bonds. The van der Waals surface area contributed by atoms with Crippen LogP contribution < -0.4 is 0 Å². The van der Waals surface area contributed by atoms with Crippen LogP contribution in [0.4, 0.5) is 0 Å². The smallest absolute Gasteiger partial charge is 0.294 e. The molecule has 2 rings (SSSR count). The van der Waals surface area contributed by atoms with Crippen molar-refractivity contribution in [3.05, 3.63) is 10.1 Å². The third-order valence-corrected chi connectivity index (χ3v) is 2.48. The zero-order chi connectivity index (χ0) is 9.42. The van der Waals surface area contributed by atoms with Crippen LogP contribution in [0.2, 0.25) is 0 Å². The summed E-state index contributed by atoms with van der Waals surface area (Å²) >= 11 is 0.